The van der Waals surface area contributed by atoms with Crippen molar-refractivity contribution in [3.05, 3.63) is 48.0 Å². The Morgan fingerprint density at radius 2 is 1.97 bits per heavy atom. The van der Waals surface area contributed by atoms with Gasteiger partial charge in [-0.25, -0.2) is 4.79 Å². The van der Waals surface area contributed by atoms with Crippen LogP contribution in [0.2, 0.25) is 0 Å². The van der Waals surface area contributed by atoms with Crippen LogP contribution in [0.15, 0.2) is 42.5 Å². The zero-order valence-corrected chi connectivity index (χ0v) is 22.5. The van der Waals surface area contributed by atoms with Gasteiger partial charge in [-0.15, -0.1) is 0 Å². The van der Waals surface area contributed by atoms with Crippen molar-refractivity contribution in [3.8, 4) is 0 Å². The molecule has 2 aliphatic rings. The average Bonchev–Trinajstić information content (AvgIpc) is 3.55. The Bertz CT molecular complexity index is 1170. The van der Waals surface area contributed by atoms with Crippen LogP contribution in [0, 0.1) is 0 Å². The third-order valence-corrected chi connectivity index (χ3v) is 7.95. The van der Waals surface area contributed by atoms with E-state index in [-0.39, 0.29) is 30.3 Å². The molecule has 2 aromatic rings. The van der Waals surface area contributed by atoms with E-state index < -0.39 is 18.1 Å². The summed E-state index contributed by atoms with van der Waals surface area (Å²) < 4.78 is 0. The molecule has 0 bridgehead atoms. The third kappa shape index (κ3) is 7.05. The predicted octanol–water partition coefficient (Wildman–Crippen LogP) is 2.23. The highest BCUT2D eigenvalue weighted by molar-refractivity contribution is 7.98. The average molecular weight is 541 g/mol. The smallest absolute Gasteiger partial charge is 0.326 e. The first-order valence-corrected chi connectivity index (χ1v) is 14.5. The van der Waals surface area contributed by atoms with Crippen molar-refractivity contribution in [3.63, 3.8) is 0 Å². The zero-order valence-electron chi connectivity index (χ0n) is 21.7. The number of carbonyl (C=O) groups is 4. The Morgan fingerprint density at radius 1 is 1.18 bits per heavy atom. The molecule has 0 spiro atoms. The fraction of sp³-hybridized carbons (Fsp3) is 0.500. The molecule has 9 nitrogen and oxygen atoms in total. The summed E-state index contributed by atoms with van der Waals surface area (Å²) in [5, 5.41) is 17.2. The molecule has 204 valence electrons. The summed E-state index contributed by atoms with van der Waals surface area (Å²) in [6.07, 6.45) is 4.80. The summed E-state index contributed by atoms with van der Waals surface area (Å²) >= 11 is 1.54. The monoisotopic (exact) mass is 540 g/mol. The van der Waals surface area contributed by atoms with Crippen LogP contribution >= 0.6 is 11.8 Å². The van der Waals surface area contributed by atoms with E-state index >= 15 is 0 Å². The first kappa shape index (κ1) is 27.9. The number of nitrogens with zero attached hydrogens (tertiary/aromatic N) is 2. The predicted molar refractivity (Wildman–Crippen MR) is 148 cm³/mol. The number of carboxylic acids is 1. The number of benzene rings is 2. The van der Waals surface area contributed by atoms with Crippen molar-refractivity contribution in [2.45, 2.75) is 56.8 Å². The fourth-order valence-electron chi connectivity index (χ4n) is 5.41. The molecule has 2 fully saturated rings. The highest BCUT2D eigenvalue weighted by Crippen LogP contribution is 2.24. The molecule has 2 aromatic carbocycles. The van der Waals surface area contributed by atoms with Crippen molar-refractivity contribution in [2.75, 3.05) is 31.6 Å². The van der Waals surface area contributed by atoms with E-state index in [1.807, 2.05) is 52.5 Å². The van der Waals surface area contributed by atoms with Gasteiger partial charge in [-0.05, 0) is 54.0 Å². The lowest BCUT2D eigenvalue weighted by molar-refractivity contribution is -0.142. The molecular formula is C28H36N4O5S. The summed E-state index contributed by atoms with van der Waals surface area (Å²) in [5.41, 5.74) is 1.06. The molecule has 0 saturated carbocycles. The first-order valence-electron chi connectivity index (χ1n) is 13.2. The highest BCUT2D eigenvalue weighted by Gasteiger charge is 2.37. The molecule has 1 unspecified atom stereocenters. The van der Waals surface area contributed by atoms with Crippen molar-refractivity contribution in [2.24, 2.45) is 0 Å². The topological polar surface area (TPSA) is 119 Å². The second-order valence-electron chi connectivity index (χ2n) is 10.0. The first-order chi connectivity index (χ1) is 18.4. The standard InChI is InChI=1S/C28H36N4O5S/c1-38-15-13-24(28(36)37)30-26(34)18-31(16-20-8-4-7-19-6-2-3-10-22(19)20)17-21-9-5-14-32(21)27(35)23-11-12-25(33)29-23/h2-4,6-8,10,21,23-24H,5,9,11-18H2,1H3,(H,29,33)(H,30,34)(H,36,37)/t21-,23-,24?/m0/s1. The van der Waals surface area contributed by atoms with Gasteiger partial charge < -0.3 is 20.6 Å². The fourth-order valence-corrected chi connectivity index (χ4v) is 5.88. The zero-order chi connectivity index (χ0) is 27.1. The number of rotatable bonds is 12. The molecule has 4 rings (SSSR count). The van der Waals surface area contributed by atoms with Gasteiger partial charge in [-0.2, -0.15) is 11.8 Å². The summed E-state index contributed by atoms with van der Waals surface area (Å²) in [5.74, 6) is -0.913. The molecule has 2 aliphatic heterocycles. The summed E-state index contributed by atoms with van der Waals surface area (Å²) in [7, 11) is 0. The summed E-state index contributed by atoms with van der Waals surface area (Å²) in [4.78, 5) is 53.5. The number of aliphatic carboxylic acids is 1. The van der Waals surface area contributed by atoms with Crippen LogP contribution in [-0.4, -0.2) is 88.4 Å². The molecular weight excluding hydrogens is 504 g/mol. The number of hydrogen-bond acceptors (Lipinski definition) is 6. The Morgan fingerprint density at radius 3 is 2.71 bits per heavy atom. The number of carbonyl (C=O) groups excluding carboxylic acids is 3. The lowest BCUT2D eigenvalue weighted by Gasteiger charge is -2.32. The SMILES string of the molecule is CSCCC(NC(=O)CN(Cc1cccc2ccccc12)C[C@@H]1CCCN1C(=O)[C@@H]1CCC(=O)N1)C(=O)O. The van der Waals surface area contributed by atoms with Crippen LogP contribution in [0.25, 0.3) is 10.8 Å². The highest BCUT2D eigenvalue weighted by atomic mass is 32.2. The van der Waals surface area contributed by atoms with Crippen molar-refractivity contribution in [1.82, 2.24) is 20.4 Å². The number of amides is 3. The van der Waals surface area contributed by atoms with E-state index in [9.17, 15) is 24.3 Å². The van der Waals surface area contributed by atoms with E-state index in [0.717, 1.165) is 29.2 Å². The van der Waals surface area contributed by atoms with Gasteiger partial charge in [-0.1, -0.05) is 42.5 Å². The number of thioether (sulfide) groups is 1. The Kier molecular flexibility index (Phi) is 9.63. The maximum Gasteiger partial charge on any atom is 0.326 e. The van der Waals surface area contributed by atoms with Gasteiger partial charge in [0, 0.05) is 32.1 Å². The third-order valence-electron chi connectivity index (χ3n) is 7.31. The van der Waals surface area contributed by atoms with Crippen LogP contribution < -0.4 is 10.6 Å². The largest absolute Gasteiger partial charge is 0.480 e. The van der Waals surface area contributed by atoms with Gasteiger partial charge in [0.1, 0.15) is 12.1 Å². The minimum atomic E-state index is -1.04. The van der Waals surface area contributed by atoms with Gasteiger partial charge >= 0.3 is 5.97 Å². The van der Waals surface area contributed by atoms with Gasteiger partial charge in [0.25, 0.3) is 0 Å². The lowest BCUT2D eigenvalue weighted by Crippen LogP contribution is -2.51. The van der Waals surface area contributed by atoms with Crippen molar-refractivity contribution in [1.29, 1.82) is 0 Å². The molecule has 2 saturated heterocycles. The van der Waals surface area contributed by atoms with E-state index in [1.165, 1.54) is 11.8 Å². The minimum absolute atomic E-state index is 0.0188. The minimum Gasteiger partial charge on any atom is -0.480 e. The number of nitrogens with one attached hydrogen (secondary N) is 2. The maximum atomic E-state index is 13.2. The Labute approximate surface area is 227 Å². The van der Waals surface area contributed by atoms with Crippen LogP contribution in [0.5, 0.6) is 0 Å². The molecule has 3 N–H and O–H groups in total. The van der Waals surface area contributed by atoms with Crippen LogP contribution in [0.1, 0.15) is 37.7 Å². The Balaban J connectivity index is 1.52. The van der Waals surface area contributed by atoms with Crippen LogP contribution in [0.3, 0.4) is 0 Å². The van der Waals surface area contributed by atoms with Crippen LogP contribution in [0.4, 0.5) is 0 Å². The van der Waals surface area contributed by atoms with Gasteiger partial charge in [0.15, 0.2) is 0 Å². The second kappa shape index (κ2) is 13.1. The quantitative estimate of drug-likeness (QED) is 0.378. The number of likely N-dealkylation sites (tertiary alicyclic amines) is 1. The number of carboxylic acid groups (broad SMARTS) is 1. The van der Waals surface area contributed by atoms with E-state index in [0.29, 0.717) is 44.6 Å². The van der Waals surface area contributed by atoms with E-state index in [1.54, 1.807) is 0 Å². The van der Waals surface area contributed by atoms with E-state index in [2.05, 4.69) is 16.7 Å². The number of fused-ring (bicyclic) bond motifs is 1. The van der Waals surface area contributed by atoms with Gasteiger partial charge in [0.2, 0.25) is 17.7 Å². The molecule has 3 amide bonds. The van der Waals surface area contributed by atoms with Crippen LogP contribution in [-0.2, 0) is 25.7 Å². The van der Waals surface area contributed by atoms with E-state index in [4.69, 9.17) is 0 Å². The molecule has 10 heteroatoms. The molecule has 0 aliphatic carbocycles. The van der Waals surface area contributed by atoms with Gasteiger partial charge in [-0.3, -0.25) is 19.3 Å². The van der Waals surface area contributed by atoms with Crippen molar-refractivity contribution >= 4 is 46.2 Å². The maximum absolute atomic E-state index is 13.2. The lowest BCUT2D eigenvalue weighted by atomic mass is 10.0. The second-order valence-corrected chi connectivity index (χ2v) is 11.0. The molecule has 3 atom stereocenters. The normalized spacial score (nSPS) is 20.1. The summed E-state index contributed by atoms with van der Waals surface area (Å²) in [6, 6.07) is 12.6. The molecule has 38 heavy (non-hydrogen) atoms. The van der Waals surface area contributed by atoms with Crippen molar-refractivity contribution < 1.29 is 24.3 Å². The summed E-state index contributed by atoms with van der Waals surface area (Å²) in [6.45, 7) is 1.60. The van der Waals surface area contributed by atoms with Gasteiger partial charge in [0.05, 0.1) is 6.54 Å². The molecule has 2 heterocycles. The molecule has 0 aromatic heterocycles. The Hall–Kier alpha value is -3.11. The molecule has 0 radical (unpaired) electrons. The number of hydrogen-bond donors (Lipinski definition) is 3.